The number of alkyl halides is 2. The van der Waals surface area contributed by atoms with Crippen molar-refractivity contribution in [2.75, 3.05) is 25.2 Å². The summed E-state index contributed by atoms with van der Waals surface area (Å²) < 4.78 is 56.2. The van der Waals surface area contributed by atoms with E-state index in [0.717, 1.165) is 43.4 Å². The number of methoxy groups -OCH3 is 1. The summed E-state index contributed by atoms with van der Waals surface area (Å²) in [5, 5.41) is 4.86. The highest BCUT2D eigenvalue weighted by atomic mass is 35.5. The zero-order valence-corrected chi connectivity index (χ0v) is 29.4. The number of hydrogen-bond donors (Lipinski definition) is 2. The van der Waals surface area contributed by atoms with Crippen molar-refractivity contribution < 1.29 is 32.1 Å². The Balaban J connectivity index is 1.37. The van der Waals surface area contributed by atoms with Crippen LogP contribution in [0.4, 0.5) is 19.3 Å². The van der Waals surface area contributed by atoms with Gasteiger partial charge in [0.2, 0.25) is 6.43 Å². The monoisotopic (exact) mass is 717 g/mol. The highest BCUT2D eigenvalue weighted by molar-refractivity contribution is 7.75. The molecule has 9 nitrogen and oxygen atoms in total. The third kappa shape index (κ3) is 8.57. The molecule has 3 amide bonds. The molecule has 0 saturated heterocycles. The summed E-state index contributed by atoms with van der Waals surface area (Å²) in [6.45, 7) is 3.60. The van der Waals surface area contributed by atoms with Crippen LogP contribution in [-0.4, -0.2) is 56.1 Å². The maximum Gasteiger partial charge on any atom is 0.313 e. The highest BCUT2D eigenvalue weighted by Gasteiger charge is 2.45. The van der Waals surface area contributed by atoms with Gasteiger partial charge in [-0.3, -0.25) is 4.79 Å². The van der Waals surface area contributed by atoms with Crippen molar-refractivity contribution in [3.8, 4) is 5.75 Å². The summed E-state index contributed by atoms with van der Waals surface area (Å²) >= 11 is 6.43. The van der Waals surface area contributed by atoms with Gasteiger partial charge in [-0.2, -0.15) is 10.6 Å². The zero-order chi connectivity index (χ0) is 34.7. The lowest BCUT2D eigenvalue weighted by Crippen LogP contribution is -2.46. The van der Waals surface area contributed by atoms with Crippen LogP contribution in [0.5, 0.6) is 5.75 Å². The number of urea groups is 1. The second-order valence-electron chi connectivity index (χ2n) is 13.7. The zero-order valence-electron chi connectivity index (χ0n) is 27.8. The van der Waals surface area contributed by atoms with Crippen molar-refractivity contribution in [2.45, 2.75) is 82.4 Å². The number of aryl methyl sites for hydroxylation is 1. The van der Waals surface area contributed by atoms with Gasteiger partial charge in [0.05, 0.1) is 18.4 Å². The van der Waals surface area contributed by atoms with Crippen LogP contribution < -0.4 is 20.3 Å². The topological polar surface area (TPSA) is 109 Å². The van der Waals surface area contributed by atoms with E-state index in [9.17, 15) is 22.6 Å². The molecule has 2 fully saturated rings. The van der Waals surface area contributed by atoms with E-state index in [1.54, 1.807) is 25.3 Å². The second kappa shape index (κ2) is 15.8. The summed E-state index contributed by atoms with van der Waals surface area (Å²) in [6.07, 6.45) is 6.59. The van der Waals surface area contributed by atoms with Gasteiger partial charge in [0, 0.05) is 42.7 Å². The number of hydrogen-bond acceptors (Lipinski definition) is 7. The van der Waals surface area contributed by atoms with Gasteiger partial charge in [-0.05, 0) is 110 Å². The molecule has 2 heterocycles. The van der Waals surface area contributed by atoms with Crippen LogP contribution >= 0.6 is 11.6 Å². The standard InChI is InChI=1S/C36H44ClF2N4O5S/c1-21-6-5-8-31(47-2)27-13-10-25(27)20-43-19-24-9-12-26(37)16-22(24)7-3-4-15-48-32-14-11-23(17-30(32)43)34(44)42-49(46)35(21)41-36(45)40-29-18-28(29)33(38)39/h5,8-9,11-12,14,16-17,21,25,27-29,31,33,35H,3-4,6-7,10,13,15,18-20H2,1-2H3,(H2,40,41,45)/q-1/b8-5+/t21-,25-,27+,28+,29+,31-,35?/m0/s1. The second-order valence-corrected chi connectivity index (χ2v) is 15.4. The van der Waals surface area contributed by atoms with Crippen LogP contribution in [0.15, 0.2) is 52.9 Å². The molecule has 2 saturated carbocycles. The van der Waals surface area contributed by atoms with Crippen molar-refractivity contribution in [3.05, 3.63) is 70.3 Å². The molecular formula is C36H44ClF2N4O5S-. The van der Waals surface area contributed by atoms with Gasteiger partial charge >= 0.3 is 6.03 Å². The molecule has 2 N–H and O–H groups in total. The van der Waals surface area contributed by atoms with E-state index in [2.05, 4.69) is 26.0 Å². The summed E-state index contributed by atoms with van der Waals surface area (Å²) in [7, 11) is -0.478. The molecule has 266 valence electrons. The quantitative estimate of drug-likeness (QED) is 0.255. The fourth-order valence-corrected chi connectivity index (χ4v) is 8.41. The first-order valence-electron chi connectivity index (χ1n) is 17.1. The van der Waals surface area contributed by atoms with Gasteiger partial charge in [0.25, 0.3) is 5.91 Å². The Hall–Kier alpha value is -3.22. The number of nitrogens with one attached hydrogen (secondary N) is 2. The molecule has 2 aliphatic heterocycles. The molecule has 2 aromatic rings. The van der Waals surface area contributed by atoms with Crippen molar-refractivity contribution in [3.63, 3.8) is 0 Å². The van der Waals surface area contributed by atoms with E-state index in [4.69, 9.17) is 21.1 Å². The molecule has 7 atom stereocenters. The molecule has 1 unspecified atom stereocenters. The summed E-state index contributed by atoms with van der Waals surface area (Å²) in [5.74, 6) is -0.772. The Morgan fingerprint density at radius 2 is 1.98 bits per heavy atom. The fraction of sp³-hybridized carbons (Fsp3) is 0.556. The van der Waals surface area contributed by atoms with Crippen molar-refractivity contribution in [2.24, 2.45) is 28.0 Å². The van der Waals surface area contributed by atoms with Crippen LogP contribution in [0.25, 0.3) is 0 Å². The van der Waals surface area contributed by atoms with Gasteiger partial charge in [0.15, 0.2) is 0 Å². The van der Waals surface area contributed by atoms with Crippen molar-refractivity contribution in [1.29, 1.82) is 0 Å². The molecule has 2 aromatic carbocycles. The number of amides is 3. The molecule has 6 rings (SSSR count). The summed E-state index contributed by atoms with van der Waals surface area (Å²) in [6, 6.07) is 9.81. The molecule has 0 spiro atoms. The van der Waals surface area contributed by atoms with Crippen molar-refractivity contribution in [1.82, 2.24) is 10.6 Å². The third-order valence-corrected chi connectivity index (χ3v) is 11.9. The first kappa shape index (κ1) is 35.6. The SMILES string of the molecule is CO[C@H]1/C=C/C[C@H](C)C(NC(=O)N[C@@H]2C[C@H]2C(F)F)[S-](=O)=NC(=O)c2ccc3c(c2)N(Cc2ccc(Cl)cc2CCCCO3)C[C@@H]2CC[C@H]21. The number of nitrogens with zero attached hydrogens (tertiary/aromatic N) is 2. The van der Waals surface area contributed by atoms with Gasteiger partial charge in [-0.1, -0.05) is 36.7 Å². The Morgan fingerprint density at radius 1 is 1.14 bits per heavy atom. The molecule has 2 aliphatic carbocycles. The molecule has 0 radical (unpaired) electrons. The van der Waals surface area contributed by atoms with Gasteiger partial charge < -0.3 is 33.6 Å². The Labute approximate surface area is 293 Å². The molecule has 49 heavy (non-hydrogen) atoms. The maximum atomic E-state index is 13.7. The number of benzene rings is 2. The molecular weight excluding hydrogens is 674 g/mol. The lowest BCUT2D eigenvalue weighted by atomic mass is 9.70. The first-order chi connectivity index (χ1) is 23.6. The molecule has 13 heteroatoms. The molecule has 0 aromatic heterocycles. The Kier molecular flexibility index (Phi) is 11.5. The number of carbonyl (C=O) groups is 2. The van der Waals surface area contributed by atoms with E-state index in [-0.39, 0.29) is 24.0 Å². The molecule has 2 bridgehead atoms. The number of allylic oxidation sites excluding steroid dienone is 1. The van der Waals surface area contributed by atoms with E-state index >= 15 is 0 Å². The maximum absolute atomic E-state index is 13.7. The highest BCUT2D eigenvalue weighted by Crippen LogP contribution is 2.42. The Morgan fingerprint density at radius 3 is 2.71 bits per heavy atom. The van der Waals surface area contributed by atoms with Gasteiger partial charge in [0.1, 0.15) is 5.75 Å². The van der Waals surface area contributed by atoms with E-state index in [1.165, 1.54) is 5.56 Å². The first-order valence-corrected chi connectivity index (χ1v) is 18.7. The average molecular weight is 718 g/mol. The minimum absolute atomic E-state index is 0.149. The number of fused-ring (bicyclic) bond motifs is 3. The predicted molar refractivity (Wildman–Crippen MR) is 185 cm³/mol. The predicted octanol–water partition coefficient (Wildman–Crippen LogP) is 7.27. The lowest BCUT2D eigenvalue weighted by Gasteiger charge is -2.43. The number of anilines is 1. The van der Waals surface area contributed by atoms with Crippen LogP contribution in [0.2, 0.25) is 5.02 Å². The molecule has 4 aliphatic rings. The van der Waals surface area contributed by atoms with Crippen LogP contribution in [0, 0.1) is 23.7 Å². The van der Waals surface area contributed by atoms with Crippen LogP contribution in [0.3, 0.4) is 0 Å². The summed E-state index contributed by atoms with van der Waals surface area (Å²) in [5.41, 5.74) is 3.33. The minimum atomic E-state index is -2.53. The largest absolute Gasteiger partial charge is 0.491 e. The lowest BCUT2D eigenvalue weighted by molar-refractivity contribution is 0.0133. The van der Waals surface area contributed by atoms with Gasteiger partial charge in [-0.25, -0.2) is 13.6 Å². The number of ether oxygens (including phenoxy) is 2. The Bertz CT molecular complexity index is 1650. The van der Waals surface area contributed by atoms with Crippen LogP contribution in [-0.2, 0) is 32.5 Å². The van der Waals surface area contributed by atoms with E-state index in [1.807, 2.05) is 31.2 Å². The van der Waals surface area contributed by atoms with Gasteiger partial charge in [-0.15, -0.1) is 0 Å². The minimum Gasteiger partial charge on any atom is -0.491 e. The van der Waals surface area contributed by atoms with Crippen LogP contribution in [0.1, 0.15) is 66.9 Å². The van der Waals surface area contributed by atoms with E-state index < -0.39 is 52.2 Å². The summed E-state index contributed by atoms with van der Waals surface area (Å²) in [4.78, 5) is 28.8. The third-order valence-electron chi connectivity index (χ3n) is 10.3. The number of halogens is 3. The number of carbonyl (C=O) groups excluding carboxylic acids is 2. The normalized spacial score (nSPS) is 30.0. The fourth-order valence-electron chi connectivity index (χ4n) is 7.12. The van der Waals surface area contributed by atoms with Crippen molar-refractivity contribution >= 4 is 39.8 Å². The average Bonchev–Trinajstić information content (AvgIpc) is 3.84. The van der Waals surface area contributed by atoms with E-state index in [0.29, 0.717) is 42.8 Å². The smallest absolute Gasteiger partial charge is 0.313 e. The number of rotatable bonds is 4.